The van der Waals surface area contributed by atoms with Crippen LogP contribution in [0.2, 0.25) is 0 Å². The molecule has 1 heterocycles. The highest BCUT2D eigenvalue weighted by Gasteiger charge is 2.30. The van der Waals surface area contributed by atoms with E-state index in [1.807, 2.05) is 24.5 Å². The molecule has 1 aromatic heterocycles. The number of halogens is 3. The largest absolute Gasteiger partial charge is 0.478 e. The third-order valence-corrected chi connectivity index (χ3v) is 4.17. The van der Waals surface area contributed by atoms with Crippen molar-refractivity contribution in [2.45, 2.75) is 26.1 Å². The van der Waals surface area contributed by atoms with Crippen molar-refractivity contribution in [3.8, 4) is 11.1 Å². The SMILES string of the molecule is CC(C)n1cc(C(=O)O)c2ccc(-c3ccc(C(F)(F)F)cc3)cc21. The highest BCUT2D eigenvalue weighted by molar-refractivity contribution is 6.04. The third-order valence-electron chi connectivity index (χ3n) is 4.17. The van der Waals surface area contributed by atoms with Gasteiger partial charge in [0.15, 0.2) is 0 Å². The van der Waals surface area contributed by atoms with Crippen molar-refractivity contribution in [1.82, 2.24) is 4.57 Å². The van der Waals surface area contributed by atoms with Gasteiger partial charge in [-0.25, -0.2) is 4.79 Å². The maximum atomic E-state index is 12.7. The second kappa shape index (κ2) is 5.95. The zero-order valence-electron chi connectivity index (χ0n) is 13.6. The normalized spacial score (nSPS) is 12.1. The molecule has 0 radical (unpaired) electrons. The second-order valence-corrected chi connectivity index (χ2v) is 6.16. The van der Waals surface area contributed by atoms with E-state index in [1.54, 1.807) is 18.3 Å². The monoisotopic (exact) mass is 347 g/mol. The fraction of sp³-hybridized carbons (Fsp3) is 0.211. The number of benzene rings is 2. The van der Waals surface area contributed by atoms with Crippen LogP contribution in [0.5, 0.6) is 0 Å². The van der Waals surface area contributed by atoms with Gasteiger partial charge in [-0.2, -0.15) is 13.2 Å². The Morgan fingerprint density at radius 3 is 2.16 bits per heavy atom. The predicted molar refractivity (Wildman–Crippen MR) is 89.7 cm³/mol. The van der Waals surface area contributed by atoms with Crippen LogP contribution in [0.1, 0.15) is 35.8 Å². The summed E-state index contributed by atoms with van der Waals surface area (Å²) in [7, 11) is 0. The molecule has 25 heavy (non-hydrogen) atoms. The second-order valence-electron chi connectivity index (χ2n) is 6.16. The van der Waals surface area contributed by atoms with E-state index in [2.05, 4.69) is 0 Å². The van der Waals surface area contributed by atoms with Crippen molar-refractivity contribution < 1.29 is 23.1 Å². The Kier molecular flexibility index (Phi) is 4.06. The lowest BCUT2D eigenvalue weighted by Gasteiger charge is -2.11. The van der Waals surface area contributed by atoms with Crippen molar-refractivity contribution >= 4 is 16.9 Å². The molecular weight excluding hydrogens is 331 g/mol. The van der Waals surface area contributed by atoms with Crippen LogP contribution in [0.15, 0.2) is 48.7 Å². The lowest BCUT2D eigenvalue weighted by molar-refractivity contribution is -0.137. The van der Waals surface area contributed by atoms with E-state index < -0.39 is 17.7 Å². The number of fused-ring (bicyclic) bond motifs is 1. The first-order valence-electron chi connectivity index (χ1n) is 7.74. The van der Waals surface area contributed by atoms with Crippen molar-refractivity contribution in [1.29, 1.82) is 0 Å². The van der Waals surface area contributed by atoms with E-state index in [9.17, 15) is 23.1 Å². The van der Waals surface area contributed by atoms with Gasteiger partial charge in [-0.15, -0.1) is 0 Å². The van der Waals surface area contributed by atoms with Crippen LogP contribution in [-0.4, -0.2) is 15.6 Å². The molecule has 0 saturated carbocycles. The van der Waals surface area contributed by atoms with Gasteiger partial charge in [0.2, 0.25) is 0 Å². The highest BCUT2D eigenvalue weighted by atomic mass is 19.4. The van der Waals surface area contributed by atoms with E-state index in [0.29, 0.717) is 10.9 Å². The fourth-order valence-corrected chi connectivity index (χ4v) is 2.88. The molecule has 0 atom stereocenters. The number of aromatic carboxylic acids is 1. The molecule has 0 amide bonds. The number of alkyl halides is 3. The van der Waals surface area contributed by atoms with Crippen molar-refractivity contribution in [2.75, 3.05) is 0 Å². The number of carboxylic acid groups (broad SMARTS) is 1. The molecule has 1 N–H and O–H groups in total. The number of hydrogen-bond donors (Lipinski definition) is 1. The van der Waals surface area contributed by atoms with Gasteiger partial charge in [-0.05, 0) is 43.2 Å². The van der Waals surface area contributed by atoms with E-state index >= 15 is 0 Å². The van der Waals surface area contributed by atoms with Crippen molar-refractivity contribution in [2.24, 2.45) is 0 Å². The Bertz CT molecular complexity index is 938. The zero-order valence-corrected chi connectivity index (χ0v) is 13.6. The minimum Gasteiger partial charge on any atom is -0.478 e. The van der Waals surface area contributed by atoms with Crippen molar-refractivity contribution in [3.63, 3.8) is 0 Å². The van der Waals surface area contributed by atoms with Crippen LogP contribution in [0.25, 0.3) is 22.0 Å². The van der Waals surface area contributed by atoms with Crippen LogP contribution in [0.3, 0.4) is 0 Å². The Morgan fingerprint density at radius 2 is 1.64 bits per heavy atom. The number of nitrogens with zero attached hydrogens (tertiary/aromatic N) is 1. The van der Waals surface area contributed by atoms with Crippen LogP contribution in [0.4, 0.5) is 13.2 Å². The van der Waals surface area contributed by atoms with E-state index in [-0.39, 0.29) is 11.6 Å². The quantitative estimate of drug-likeness (QED) is 0.669. The van der Waals surface area contributed by atoms with Crippen LogP contribution >= 0.6 is 0 Å². The smallest absolute Gasteiger partial charge is 0.416 e. The molecule has 6 heteroatoms. The number of rotatable bonds is 3. The number of hydrogen-bond acceptors (Lipinski definition) is 1. The molecule has 0 unspecified atom stereocenters. The summed E-state index contributed by atoms with van der Waals surface area (Å²) in [4.78, 5) is 11.4. The minimum absolute atomic E-state index is 0.0541. The molecule has 0 aliphatic rings. The maximum absolute atomic E-state index is 12.7. The summed E-state index contributed by atoms with van der Waals surface area (Å²) in [5.74, 6) is -1.01. The molecule has 0 saturated heterocycles. The fourth-order valence-electron chi connectivity index (χ4n) is 2.88. The highest BCUT2D eigenvalue weighted by Crippen LogP contribution is 2.33. The molecule has 3 rings (SSSR count). The molecule has 0 aliphatic carbocycles. The summed E-state index contributed by atoms with van der Waals surface area (Å²) in [6.45, 7) is 3.88. The standard InChI is InChI=1S/C19H16F3NO2/c1-11(2)23-10-16(18(24)25)15-8-5-13(9-17(15)23)12-3-6-14(7-4-12)19(20,21)22/h3-11H,1-2H3,(H,24,25). The Hall–Kier alpha value is -2.76. The van der Waals surface area contributed by atoms with Gasteiger partial charge in [-0.3, -0.25) is 0 Å². The first kappa shape index (κ1) is 17.1. The molecule has 130 valence electrons. The van der Waals surface area contributed by atoms with E-state index in [4.69, 9.17) is 0 Å². The van der Waals surface area contributed by atoms with Gasteiger partial charge in [0, 0.05) is 23.1 Å². The van der Waals surface area contributed by atoms with Gasteiger partial charge in [-0.1, -0.05) is 24.3 Å². The number of carbonyl (C=O) groups is 1. The van der Waals surface area contributed by atoms with Crippen LogP contribution in [-0.2, 0) is 6.18 Å². The van der Waals surface area contributed by atoms with Gasteiger partial charge in [0.25, 0.3) is 0 Å². The Balaban J connectivity index is 2.12. The lowest BCUT2D eigenvalue weighted by Crippen LogP contribution is -2.04. The topological polar surface area (TPSA) is 42.2 Å². The third kappa shape index (κ3) is 3.12. The number of aromatic nitrogens is 1. The van der Waals surface area contributed by atoms with E-state index in [1.165, 1.54) is 12.1 Å². The summed E-state index contributed by atoms with van der Waals surface area (Å²) in [6.07, 6.45) is -2.78. The summed E-state index contributed by atoms with van der Waals surface area (Å²) < 4.78 is 39.9. The molecule has 0 fully saturated rings. The van der Waals surface area contributed by atoms with Crippen LogP contribution < -0.4 is 0 Å². The molecule has 0 spiro atoms. The summed E-state index contributed by atoms with van der Waals surface area (Å²) >= 11 is 0. The maximum Gasteiger partial charge on any atom is 0.416 e. The Morgan fingerprint density at radius 1 is 1.04 bits per heavy atom. The first-order chi connectivity index (χ1) is 11.7. The minimum atomic E-state index is -4.37. The van der Waals surface area contributed by atoms with Gasteiger partial charge in [0.1, 0.15) is 0 Å². The lowest BCUT2D eigenvalue weighted by atomic mass is 10.0. The summed E-state index contributed by atoms with van der Waals surface area (Å²) in [6, 6.07) is 10.2. The molecular formula is C19H16F3NO2. The summed E-state index contributed by atoms with van der Waals surface area (Å²) in [5.41, 5.74) is 1.63. The Labute approximate surface area is 142 Å². The average molecular weight is 347 g/mol. The molecule has 2 aromatic carbocycles. The molecule has 3 aromatic rings. The zero-order chi connectivity index (χ0) is 18.4. The average Bonchev–Trinajstić information content (AvgIpc) is 2.93. The van der Waals surface area contributed by atoms with Gasteiger partial charge < -0.3 is 9.67 Å². The van der Waals surface area contributed by atoms with E-state index in [0.717, 1.165) is 23.2 Å². The first-order valence-corrected chi connectivity index (χ1v) is 7.74. The summed E-state index contributed by atoms with van der Waals surface area (Å²) in [5, 5.41) is 9.96. The molecule has 0 aliphatic heterocycles. The van der Waals surface area contributed by atoms with Crippen molar-refractivity contribution in [3.05, 3.63) is 59.8 Å². The molecule has 0 bridgehead atoms. The predicted octanol–water partition coefficient (Wildman–Crippen LogP) is 5.61. The molecule has 3 nitrogen and oxygen atoms in total. The number of carboxylic acids is 1. The van der Waals surface area contributed by atoms with Crippen LogP contribution in [0, 0.1) is 0 Å². The van der Waals surface area contributed by atoms with Gasteiger partial charge >= 0.3 is 12.1 Å². The van der Waals surface area contributed by atoms with Gasteiger partial charge in [0.05, 0.1) is 11.1 Å².